The van der Waals surface area contributed by atoms with Crippen LogP contribution >= 0.6 is 0 Å². The SMILES string of the molecule is CCOC(=O)CCc1cccc(C)c1C. The van der Waals surface area contributed by atoms with Gasteiger partial charge in [-0.25, -0.2) is 0 Å². The molecule has 82 valence electrons. The molecule has 0 N–H and O–H groups in total. The molecule has 0 saturated carbocycles. The molecule has 0 amide bonds. The van der Waals surface area contributed by atoms with E-state index in [4.69, 9.17) is 4.74 Å². The van der Waals surface area contributed by atoms with E-state index in [9.17, 15) is 4.79 Å². The first-order valence-electron chi connectivity index (χ1n) is 5.36. The van der Waals surface area contributed by atoms with E-state index in [-0.39, 0.29) is 5.97 Å². The van der Waals surface area contributed by atoms with Crippen LogP contribution in [0.2, 0.25) is 0 Å². The number of esters is 1. The molecule has 0 aliphatic heterocycles. The molecule has 0 aliphatic carbocycles. The van der Waals surface area contributed by atoms with E-state index < -0.39 is 0 Å². The highest BCUT2D eigenvalue weighted by molar-refractivity contribution is 5.69. The molecule has 0 bridgehead atoms. The van der Waals surface area contributed by atoms with Crippen molar-refractivity contribution in [3.8, 4) is 0 Å². The molecule has 2 heteroatoms. The second kappa shape index (κ2) is 5.54. The number of hydrogen-bond acceptors (Lipinski definition) is 2. The maximum atomic E-state index is 11.2. The van der Waals surface area contributed by atoms with Gasteiger partial charge in [-0.1, -0.05) is 18.2 Å². The molecule has 0 unspecified atom stereocenters. The van der Waals surface area contributed by atoms with E-state index >= 15 is 0 Å². The van der Waals surface area contributed by atoms with Crippen LogP contribution in [0.15, 0.2) is 18.2 Å². The summed E-state index contributed by atoms with van der Waals surface area (Å²) in [6.07, 6.45) is 1.24. The Hall–Kier alpha value is -1.31. The van der Waals surface area contributed by atoms with E-state index in [0.717, 1.165) is 6.42 Å². The Kier molecular flexibility index (Phi) is 4.35. The molecule has 0 radical (unpaired) electrons. The third kappa shape index (κ3) is 3.39. The Bertz CT molecular complexity index is 342. The smallest absolute Gasteiger partial charge is 0.306 e. The predicted molar refractivity (Wildman–Crippen MR) is 60.9 cm³/mol. The van der Waals surface area contributed by atoms with E-state index in [2.05, 4.69) is 26.0 Å². The zero-order valence-electron chi connectivity index (χ0n) is 9.67. The van der Waals surface area contributed by atoms with Gasteiger partial charge < -0.3 is 4.74 Å². The summed E-state index contributed by atoms with van der Waals surface area (Å²) in [6, 6.07) is 6.19. The van der Waals surface area contributed by atoms with Gasteiger partial charge in [-0.15, -0.1) is 0 Å². The number of ether oxygens (including phenoxy) is 1. The number of carbonyl (C=O) groups excluding carboxylic acids is 1. The fraction of sp³-hybridized carbons (Fsp3) is 0.462. The summed E-state index contributed by atoms with van der Waals surface area (Å²) >= 11 is 0. The van der Waals surface area contributed by atoms with Gasteiger partial charge in [-0.05, 0) is 43.9 Å². The molecule has 0 atom stereocenters. The van der Waals surface area contributed by atoms with Crippen LogP contribution in [0.3, 0.4) is 0 Å². The van der Waals surface area contributed by atoms with Crippen molar-refractivity contribution in [3.63, 3.8) is 0 Å². The van der Waals surface area contributed by atoms with Gasteiger partial charge in [0, 0.05) is 6.42 Å². The Balaban J connectivity index is 2.58. The van der Waals surface area contributed by atoms with Crippen molar-refractivity contribution in [1.29, 1.82) is 0 Å². The van der Waals surface area contributed by atoms with Gasteiger partial charge in [0.2, 0.25) is 0 Å². The van der Waals surface area contributed by atoms with Gasteiger partial charge in [-0.2, -0.15) is 0 Å². The number of benzene rings is 1. The van der Waals surface area contributed by atoms with Crippen LogP contribution in [0.25, 0.3) is 0 Å². The second-order valence-electron chi connectivity index (χ2n) is 3.66. The van der Waals surface area contributed by atoms with Crippen molar-refractivity contribution in [2.75, 3.05) is 6.61 Å². The van der Waals surface area contributed by atoms with Crippen LogP contribution in [0.5, 0.6) is 0 Å². The average Bonchev–Trinajstić information content (AvgIpc) is 2.21. The highest BCUT2D eigenvalue weighted by atomic mass is 16.5. The second-order valence-corrected chi connectivity index (χ2v) is 3.66. The molecule has 1 aromatic carbocycles. The first kappa shape index (κ1) is 11.8. The van der Waals surface area contributed by atoms with Crippen molar-refractivity contribution in [3.05, 3.63) is 34.9 Å². The van der Waals surface area contributed by atoms with E-state index in [0.29, 0.717) is 13.0 Å². The minimum Gasteiger partial charge on any atom is -0.466 e. The molecule has 0 fully saturated rings. The molecule has 2 nitrogen and oxygen atoms in total. The third-order valence-electron chi connectivity index (χ3n) is 2.62. The summed E-state index contributed by atoms with van der Waals surface area (Å²) in [5, 5.41) is 0. The largest absolute Gasteiger partial charge is 0.466 e. The van der Waals surface area contributed by atoms with Crippen molar-refractivity contribution in [2.24, 2.45) is 0 Å². The van der Waals surface area contributed by atoms with E-state index in [1.807, 2.05) is 13.0 Å². The molecule has 1 rings (SSSR count). The normalized spacial score (nSPS) is 10.1. The average molecular weight is 206 g/mol. The fourth-order valence-corrected chi connectivity index (χ4v) is 1.55. The Morgan fingerprint density at radius 3 is 2.73 bits per heavy atom. The maximum Gasteiger partial charge on any atom is 0.306 e. The predicted octanol–water partition coefficient (Wildman–Crippen LogP) is 2.80. The molecule has 0 aliphatic rings. The molecule has 0 saturated heterocycles. The van der Waals surface area contributed by atoms with Gasteiger partial charge >= 0.3 is 5.97 Å². The zero-order valence-corrected chi connectivity index (χ0v) is 9.67. The number of carbonyl (C=O) groups is 1. The molecule has 0 heterocycles. The highest BCUT2D eigenvalue weighted by Gasteiger charge is 2.05. The molecular formula is C13H18O2. The number of aryl methyl sites for hydroxylation is 2. The first-order chi connectivity index (χ1) is 7.15. The minimum atomic E-state index is -0.113. The Morgan fingerprint density at radius 2 is 2.07 bits per heavy atom. The van der Waals surface area contributed by atoms with Crippen LogP contribution in [0, 0.1) is 13.8 Å². The molecule has 15 heavy (non-hydrogen) atoms. The van der Waals surface area contributed by atoms with Gasteiger partial charge in [0.25, 0.3) is 0 Å². The summed E-state index contributed by atoms with van der Waals surface area (Å²) in [6.45, 7) is 6.47. The van der Waals surface area contributed by atoms with Gasteiger partial charge in [-0.3, -0.25) is 4.79 Å². The molecule has 0 aromatic heterocycles. The van der Waals surface area contributed by atoms with E-state index in [1.54, 1.807) is 0 Å². The summed E-state index contributed by atoms with van der Waals surface area (Å²) < 4.78 is 4.89. The van der Waals surface area contributed by atoms with Gasteiger partial charge in [0.15, 0.2) is 0 Å². The van der Waals surface area contributed by atoms with Crippen LogP contribution in [0.4, 0.5) is 0 Å². The van der Waals surface area contributed by atoms with Crippen molar-refractivity contribution < 1.29 is 9.53 Å². The minimum absolute atomic E-state index is 0.113. The number of hydrogen-bond donors (Lipinski definition) is 0. The van der Waals surface area contributed by atoms with Crippen LogP contribution in [-0.4, -0.2) is 12.6 Å². The molecule has 0 spiro atoms. The maximum absolute atomic E-state index is 11.2. The van der Waals surface area contributed by atoms with Crippen molar-refractivity contribution in [1.82, 2.24) is 0 Å². The lowest BCUT2D eigenvalue weighted by molar-refractivity contribution is -0.143. The molecular weight excluding hydrogens is 188 g/mol. The van der Waals surface area contributed by atoms with Gasteiger partial charge in [0.1, 0.15) is 0 Å². The van der Waals surface area contributed by atoms with Crippen LogP contribution < -0.4 is 0 Å². The van der Waals surface area contributed by atoms with Crippen molar-refractivity contribution >= 4 is 5.97 Å². The van der Waals surface area contributed by atoms with Crippen LogP contribution in [-0.2, 0) is 16.0 Å². The lowest BCUT2D eigenvalue weighted by atomic mass is 10.00. The van der Waals surface area contributed by atoms with Gasteiger partial charge in [0.05, 0.1) is 6.61 Å². The number of rotatable bonds is 4. The lowest BCUT2D eigenvalue weighted by Gasteiger charge is -2.07. The Morgan fingerprint density at radius 1 is 1.33 bits per heavy atom. The Labute approximate surface area is 91.3 Å². The van der Waals surface area contributed by atoms with E-state index in [1.165, 1.54) is 16.7 Å². The summed E-state index contributed by atoms with van der Waals surface area (Å²) in [4.78, 5) is 11.2. The summed E-state index contributed by atoms with van der Waals surface area (Å²) in [7, 11) is 0. The fourth-order valence-electron chi connectivity index (χ4n) is 1.55. The highest BCUT2D eigenvalue weighted by Crippen LogP contribution is 2.14. The summed E-state index contributed by atoms with van der Waals surface area (Å²) in [5.74, 6) is -0.113. The third-order valence-corrected chi connectivity index (χ3v) is 2.62. The zero-order chi connectivity index (χ0) is 11.3. The standard InChI is InChI=1S/C13H18O2/c1-4-15-13(14)9-8-12-7-5-6-10(2)11(12)3/h5-7H,4,8-9H2,1-3H3. The van der Waals surface area contributed by atoms with Crippen LogP contribution in [0.1, 0.15) is 30.0 Å². The first-order valence-corrected chi connectivity index (χ1v) is 5.36. The lowest BCUT2D eigenvalue weighted by Crippen LogP contribution is -2.06. The summed E-state index contributed by atoms with van der Waals surface area (Å²) in [5.41, 5.74) is 3.79. The monoisotopic (exact) mass is 206 g/mol. The van der Waals surface area contributed by atoms with Crippen molar-refractivity contribution in [2.45, 2.75) is 33.6 Å². The topological polar surface area (TPSA) is 26.3 Å². The quantitative estimate of drug-likeness (QED) is 0.708. The molecule has 1 aromatic rings.